The second-order valence-electron chi connectivity index (χ2n) is 4.62. The lowest BCUT2D eigenvalue weighted by Gasteiger charge is -2.39. The first kappa shape index (κ1) is 14.0. The largest absolute Gasteiger partial charge is 0.480 e. The Morgan fingerprint density at radius 1 is 1.35 bits per heavy atom. The molecule has 0 unspecified atom stereocenters. The number of carboxylic acid groups (broad SMARTS) is 1. The first-order valence-corrected chi connectivity index (χ1v) is 6.27. The van der Waals surface area contributed by atoms with E-state index >= 15 is 0 Å². The summed E-state index contributed by atoms with van der Waals surface area (Å²) in [5.41, 5.74) is 0. The van der Waals surface area contributed by atoms with Gasteiger partial charge in [-0.25, -0.2) is 0 Å². The molecule has 0 heterocycles. The minimum Gasteiger partial charge on any atom is -0.480 e. The van der Waals surface area contributed by atoms with Gasteiger partial charge in [0.1, 0.15) is 0 Å². The zero-order valence-corrected chi connectivity index (χ0v) is 10.6. The van der Waals surface area contributed by atoms with Crippen molar-refractivity contribution in [3.8, 4) is 0 Å². The van der Waals surface area contributed by atoms with Gasteiger partial charge in [-0.05, 0) is 19.4 Å². The van der Waals surface area contributed by atoms with Crippen LogP contribution in [-0.4, -0.2) is 47.1 Å². The number of nitrogens with zero attached hydrogens (tertiary/aromatic N) is 1. The Labute approximate surface area is 102 Å². The van der Waals surface area contributed by atoms with Gasteiger partial charge < -0.3 is 10.4 Å². The average molecular weight is 242 g/mol. The Morgan fingerprint density at radius 2 is 2.00 bits per heavy atom. The standard InChI is InChI=1S/C12H22N2O3/c1-3-14(8-12(16)17)11-7-5-4-6-10(11)13-9(2)15/h10-11H,3-8H2,1-2H3,(H,13,15)(H,16,17)/t10-,11+/m0/s1. The van der Waals surface area contributed by atoms with Gasteiger partial charge in [0.2, 0.25) is 5.91 Å². The highest BCUT2D eigenvalue weighted by molar-refractivity contribution is 5.73. The Morgan fingerprint density at radius 3 is 2.53 bits per heavy atom. The SMILES string of the molecule is CCN(CC(=O)O)[C@@H]1CCCC[C@@H]1NC(C)=O. The molecule has 2 atom stereocenters. The normalized spacial score (nSPS) is 24.6. The van der Waals surface area contributed by atoms with E-state index in [4.69, 9.17) is 5.11 Å². The van der Waals surface area contributed by atoms with E-state index < -0.39 is 5.97 Å². The predicted molar refractivity (Wildman–Crippen MR) is 64.7 cm³/mol. The number of nitrogens with one attached hydrogen (secondary N) is 1. The molecule has 0 aliphatic heterocycles. The molecular formula is C12H22N2O3. The topological polar surface area (TPSA) is 69.6 Å². The van der Waals surface area contributed by atoms with Gasteiger partial charge in [0.25, 0.3) is 0 Å². The number of aliphatic carboxylic acids is 1. The fourth-order valence-corrected chi connectivity index (χ4v) is 2.62. The third-order valence-electron chi connectivity index (χ3n) is 3.33. The number of likely N-dealkylation sites (N-methyl/N-ethyl adjacent to an activating group) is 1. The maximum atomic E-state index is 11.1. The first-order chi connectivity index (χ1) is 8.04. The smallest absolute Gasteiger partial charge is 0.317 e. The maximum Gasteiger partial charge on any atom is 0.317 e. The number of hydrogen-bond donors (Lipinski definition) is 2. The van der Waals surface area contributed by atoms with Crippen LogP contribution in [0.4, 0.5) is 0 Å². The molecule has 0 aromatic carbocycles. The van der Waals surface area contributed by atoms with Crippen LogP contribution in [0.5, 0.6) is 0 Å². The summed E-state index contributed by atoms with van der Waals surface area (Å²) in [5.74, 6) is -0.840. The van der Waals surface area contributed by atoms with E-state index in [1.807, 2.05) is 11.8 Å². The molecule has 1 fully saturated rings. The van der Waals surface area contributed by atoms with Gasteiger partial charge in [-0.2, -0.15) is 0 Å². The molecule has 1 amide bonds. The second kappa shape index (κ2) is 6.59. The molecule has 1 aliphatic carbocycles. The van der Waals surface area contributed by atoms with Crippen molar-refractivity contribution in [1.82, 2.24) is 10.2 Å². The number of carbonyl (C=O) groups is 2. The molecule has 0 aromatic heterocycles. The van der Waals surface area contributed by atoms with Gasteiger partial charge >= 0.3 is 5.97 Å². The lowest BCUT2D eigenvalue weighted by atomic mass is 9.89. The number of amides is 1. The molecule has 1 saturated carbocycles. The lowest BCUT2D eigenvalue weighted by molar-refractivity contribution is -0.139. The van der Waals surface area contributed by atoms with Crippen molar-refractivity contribution >= 4 is 11.9 Å². The summed E-state index contributed by atoms with van der Waals surface area (Å²) in [7, 11) is 0. The third kappa shape index (κ3) is 4.34. The van der Waals surface area contributed by atoms with Crippen LogP contribution in [0.2, 0.25) is 0 Å². The van der Waals surface area contributed by atoms with Crippen molar-refractivity contribution in [3.63, 3.8) is 0 Å². The van der Waals surface area contributed by atoms with Crippen LogP contribution in [0.3, 0.4) is 0 Å². The van der Waals surface area contributed by atoms with Crippen molar-refractivity contribution in [2.75, 3.05) is 13.1 Å². The van der Waals surface area contributed by atoms with E-state index in [9.17, 15) is 9.59 Å². The zero-order chi connectivity index (χ0) is 12.8. The number of rotatable bonds is 5. The summed E-state index contributed by atoms with van der Waals surface area (Å²) < 4.78 is 0. The van der Waals surface area contributed by atoms with Crippen LogP contribution in [0, 0.1) is 0 Å². The lowest BCUT2D eigenvalue weighted by Crippen LogP contribution is -2.54. The van der Waals surface area contributed by atoms with Crippen LogP contribution >= 0.6 is 0 Å². The molecule has 98 valence electrons. The summed E-state index contributed by atoms with van der Waals surface area (Å²) >= 11 is 0. The van der Waals surface area contributed by atoms with Crippen molar-refractivity contribution in [2.24, 2.45) is 0 Å². The molecule has 0 aromatic rings. The molecule has 2 N–H and O–H groups in total. The van der Waals surface area contributed by atoms with Crippen molar-refractivity contribution < 1.29 is 14.7 Å². The minimum absolute atomic E-state index is 0.0340. The molecule has 0 bridgehead atoms. The zero-order valence-electron chi connectivity index (χ0n) is 10.6. The molecule has 0 spiro atoms. The Kier molecular flexibility index (Phi) is 5.41. The molecule has 17 heavy (non-hydrogen) atoms. The van der Waals surface area contributed by atoms with Gasteiger partial charge in [-0.15, -0.1) is 0 Å². The summed E-state index contributed by atoms with van der Waals surface area (Å²) in [5, 5.41) is 11.8. The van der Waals surface area contributed by atoms with Crippen LogP contribution < -0.4 is 5.32 Å². The van der Waals surface area contributed by atoms with E-state index in [1.165, 1.54) is 6.92 Å². The van der Waals surface area contributed by atoms with Crippen LogP contribution in [0.1, 0.15) is 39.5 Å². The van der Waals surface area contributed by atoms with E-state index in [0.717, 1.165) is 25.7 Å². The molecule has 0 radical (unpaired) electrons. The Hall–Kier alpha value is -1.10. The number of hydrogen-bond acceptors (Lipinski definition) is 3. The van der Waals surface area contributed by atoms with Crippen molar-refractivity contribution in [3.05, 3.63) is 0 Å². The summed E-state index contributed by atoms with van der Waals surface area (Å²) in [6.07, 6.45) is 4.12. The second-order valence-corrected chi connectivity index (χ2v) is 4.62. The highest BCUT2D eigenvalue weighted by Crippen LogP contribution is 2.23. The average Bonchev–Trinajstić information content (AvgIpc) is 2.26. The molecular weight excluding hydrogens is 220 g/mol. The predicted octanol–water partition coefficient (Wildman–Crippen LogP) is 0.840. The molecule has 0 saturated heterocycles. The third-order valence-corrected chi connectivity index (χ3v) is 3.33. The summed E-state index contributed by atoms with van der Waals surface area (Å²) in [4.78, 5) is 23.9. The summed E-state index contributed by atoms with van der Waals surface area (Å²) in [6, 6.07) is 0.259. The highest BCUT2D eigenvalue weighted by Gasteiger charge is 2.30. The van der Waals surface area contributed by atoms with Crippen LogP contribution in [0.25, 0.3) is 0 Å². The van der Waals surface area contributed by atoms with Crippen molar-refractivity contribution in [1.29, 1.82) is 0 Å². The van der Waals surface area contributed by atoms with E-state index in [1.54, 1.807) is 0 Å². The molecule has 1 rings (SSSR count). The first-order valence-electron chi connectivity index (χ1n) is 6.27. The molecule has 1 aliphatic rings. The highest BCUT2D eigenvalue weighted by atomic mass is 16.4. The minimum atomic E-state index is -0.806. The Balaban J connectivity index is 2.67. The molecule has 5 heteroatoms. The monoisotopic (exact) mass is 242 g/mol. The van der Waals surface area contributed by atoms with E-state index in [-0.39, 0.29) is 24.5 Å². The van der Waals surface area contributed by atoms with Gasteiger partial charge in [0, 0.05) is 19.0 Å². The van der Waals surface area contributed by atoms with Crippen LogP contribution in [-0.2, 0) is 9.59 Å². The fraction of sp³-hybridized carbons (Fsp3) is 0.833. The van der Waals surface area contributed by atoms with Crippen molar-refractivity contribution in [2.45, 2.75) is 51.6 Å². The van der Waals surface area contributed by atoms with Gasteiger partial charge in [-0.3, -0.25) is 14.5 Å². The summed E-state index contributed by atoms with van der Waals surface area (Å²) in [6.45, 7) is 4.23. The van der Waals surface area contributed by atoms with Crippen LogP contribution in [0.15, 0.2) is 0 Å². The maximum absolute atomic E-state index is 11.1. The van der Waals surface area contributed by atoms with Gasteiger partial charge in [0.05, 0.1) is 6.54 Å². The Bertz CT molecular complexity index is 263. The quantitative estimate of drug-likeness (QED) is 0.749. The number of carbonyl (C=O) groups excluding carboxylic acids is 1. The van der Waals surface area contributed by atoms with E-state index in [2.05, 4.69) is 5.32 Å². The molecule has 5 nitrogen and oxygen atoms in total. The van der Waals surface area contributed by atoms with Gasteiger partial charge in [-0.1, -0.05) is 19.8 Å². The van der Waals surface area contributed by atoms with E-state index in [0.29, 0.717) is 6.54 Å². The number of carboxylic acids is 1. The van der Waals surface area contributed by atoms with Gasteiger partial charge in [0.15, 0.2) is 0 Å². The fourth-order valence-electron chi connectivity index (χ4n) is 2.62.